The van der Waals surface area contributed by atoms with E-state index in [0.29, 0.717) is 16.8 Å². The first kappa shape index (κ1) is 9.38. The molecule has 0 fully saturated rings. The Balaban J connectivity index is 2.84. The molecule has 1 unspecified atom stereocenters. The van der Waals surface area contributed by atoms with Crippen LogP contribution < -0.4 is 0 Å². The minimum absolute atomic E-state index is 0.306. The molecule has 1 N–H and O–H groups in total. The average Bonchev–Trinajstić information content (AvgIpc) is 2.51. The third kappa shape index (κ3) is 1.91. The summed E-state index contributed by atoms with van der Waals surface area (Å²) in [4.78, 5) is 4.11. The summed E-state index contributed by atoms with van der Waals surface area (Å²) in [5.74, 6) is 1.67. The molecule has 1 aromatic heterocycles. The predicted octanol–water partition coefficient (Wildman–Crippen LogP) is 1.06. The maximum Gasteiger partial charge on any atom is 0.238 e. The molecule has 1 aromatic rings. The van der Waals surface area contributed by atoms with Crippen molar-refractivity contribution in [3.8, 4) is 0 Å². The lowest BCUT2D eigenvalue weighted by atomic mass is 10.2. The first-order chi connectivity index (χ1) is 5.65. The van der Waals surface area contributed by atoms with Crippen molar-refractivity contribution in [1.29, 1.82) is 0 Å². The number of hydrogen-bond donors (Lipinski definition) is 1. The third-order valence-corrected chi connectivity index (χ3v) is 2.61. The maximum absolute atomic E-state index is 11.2. The van der Waals surface area contributed by atoms with Gasteiger partial charge in [0.25, 0.3) is 0 Å². The van der Waals surface area contributed by atoms with E-state index < -0.39 is 10.8 Å². The highest BCUT2D eigenvalue weighted by Crippen LogP contribution is 2.09. The van der Waals surface area contributed by atoms with Crippen molar-refractivity contribution in [2.75, 3.05) is 5.75 Å². The Kier molecular flexibility index (Phi) is 2.97. The summed E-state index contributed by atoms with van der Waals surface area (Å²) < 4.78 is 11.2. The molecule has 1 atom stereocenters. The molecule has 0 aliphatic rings. The maximum atomic E-state index is 11.2. The largest absolute Gasteiger partial charge is 0.262 e. The van der Waals surface area contributed by atoms with Gasteiger partial charge in [0.05, 0.1) is 10.8 Å². The number of rotatable bonds is 3. The fraction of sp³-hybridized carbons (Fsp3) is 0.714. The van der Waals surface area contributed by atoms with Crippen molar-refractivity contribution in [3.05, 3.63) is 5.82 Å². The number of aromatic amines is 1. The molecule has 1 heterocycles. The van der Waals surface area contributed by atoms with Crippen molar-refractivity contribution in [1.82, 2.24) is 15.2 Å². The van der Waals surface area contributed by atoms with E-state index in [4.69, 9.17) is 0 Å². The van der Waals surface area contributed by atoms with Crippen LogP contribution in [0.4, 0.5) is 0 Å². The van der Waals surface area contributed by atoms with Crippen LogP contribution in [0, 0.1) is 0 Å². The van der Waals surface area contributed by atoms with Crippen molar-refractivity contribution in [2.45, 2.75) is 31.8 Å². The van der Waals surface area contributed by atoms with E-state index in [1.807, 2.05) is 20.8 Å². The Morgan fingerprint density at radius 1 is 1.58 bits per heavy atom. The van der Waals surface area contributed by atoms with Crippen LogP contribution in [0.2, 0.25) is 0 Å². The van der Waals surface area contributed by atoms with Crippen molar-refractivity contribution < 1.29 is 4.21 Å². The van der Waals surface area contributed by atoms with Crippen LogP contribution in [0.25, 0.3) is 0 Å². The summed E-state index contributed by atoms with van der Waals surface area (Å²) in [6, 6.07) is 0. The molecule has 0 saturated carbocycles. The lowest BCUT2D eigenvalue weighted by molar-refractivity contribution is 0.677. The van der Waals surface area contributed by atoms with Gasteiger partial charge in [0, 0.05) is 11.7 Å². The number of nitrogens with one attached hydrogen (secondary N) is 1. The van der Waals surface area contributed by atoms with E-state index in [0.717, 1.165) is 5.82 Å². The number of aromatic nitrogens is 3. The zero-order chi connectivity index (χ0) is 9.14. The van der Waals surface area contributed by atoms with Crippen LogP contribution in [0.15, 0.2) is 5.16 Å². The average molecular weight is 187 g/mol. The van der Waals surface area contributed by atoms with E-state index in [9.17, 15) is 4.21 Å². The Morgan fingerprint density at radius 2 is 2.25 bits per heavy atom. The molecular weight excluding hydrogens is 174 g/mol. The Hall–Kier alpha value is -0.710. The van der Waals surface area contributed by atoms with Gasteiger partial charge in [0.1, 0.15) is 5.82 Å². The molecule has 0 saturated heterocycles. The van der Waals surface area contributed by atoms with E-state index in [2.05, 4.69) is 15.2 Å². The van der Waals surface area contributed by atoms with Crippen molar-refractivity contribution in [2.24, 2.45) is 0 Å². The summed E-state index contributed by atoms with van der Waals surface area (Å²) in [6.07, 6.45) is 0. The summed E-state index contributed by atoms with van der Waals surface area (Å²) in [5, 5.41) is 7.06. The summed E-state index contributed by atoms with van der Waals surface area (Å²) >= 11 is 0. The van der Waals surface area contributed by atoms with Gasteiger partial charge in [-0.1, -0.05) is 20.8 Å². The first-order valence-electron chi connectivity index (χ1n) is 3.95. The minimum atomic E-state index is -1.04. The van der Waals surface area contributed by atoms with Crippen molar-refractivity contribution in [3.63, 3.8) is 0 Å². The Labute approximate surface area is 74.2 Å². The molecule has 0 aromatic carbocycles. The topological polar surface area (TPSA) is 58.6 Å². The van der Waals surface area contributed by atoms with E-state index in [-0.39, 0.29) is 0 Å². The van der Waals surface area contributed by atoms with Gasteiger partial charge in [-0.15, -0.1) is 5.10 Å². The quantitative estimate of drug-likeness (QED) is 0.769. The van der Waals surface area contributed by atoms with E-state index in [1.54, 1.807) is 0 Å². The van der Waals surface area contributed by atoms with Crippen LogP contribution in [-0.2, 0) is 10.8 Å². The minimum Gasteiger partial charge on any atom is -0.262 e. The van der Waals surface area contributed by atoms with Gasteiger partial charge in [-0.2, -0.15) is 0 Å². The van der Waals surface area contributed by atoms with E-state index in [1.165, 1.54) is 0 Å². The molecule has 12 heavy (non-hydrogen) atoms. The molecular formula is C7H13N3OS. The molecule has 0 aliphatic carbocycles. The van der Waals surface area contributed by atoms with Crippen molar-refractivity contribution >= 4 is 10.8 Å². The molecule has 0 spiro atoms. The van der Waals surface area contributed by atoms with Gasteiger partial charge in [-0.25, -0.2) is 4.98 Å². The van der Waals surface area contributed by atoms with Gasteiger partial charge in [0.15, 0.2) is 0 Å². The van der Waals surface area contributed by atoms with Gasteiger partial charge in [0.2, 0.25) is 5.16 Å². The van der Waals surface area contributed by atoms with Crippen LogP contribution in [-0.4, -0.2) is 25.1 Å². The second kappa shape index (κ2) is 3.80. The molecule has 0 radical (unpaired) electrons. The van der Waals surface area contributed by atoms with Gasteiger partial charge < -0.3 is 0 Å². The lowest BCUT2D eigenvalue weighted by Crippen LogP contribution is -1.96. The molecule has 68 valence electrons. The number of hydrogen-bond acceptors (Lipinski definition) is 3. The standard InChI is InChI=1S/C7H13N3OS/c1-4-12(11)7-8-6(5(2)3)9-10-7/h5H,4H2,1-3H3,(H,8,9,10). The van der Waals surface area contributed by atoms with E-state index >= 15 is 0 Å². The van der Waals surface area contributed by atoms with Crippen LogP contribution >= 0.6 is 0 Å². The SMILES string of the molecule is CCS(=O)c1n[nH]c(C(C)C)n1. The molecule has 4 nitrogen and oxygen atoms in total. The molecule has 1 rings (SSSR count). The predicted molar refractivity (Wildman–Crippen MR) is 47.4 cm³/mol. The zero-order valence-electron chi connectivity index (χ0n) is 7.50. The Bertz CT molecular complexity index is 282. The van der Waals surface area contributed by atoms with Gasteiger partial charge in [-0.3, -0.25) is 9.31 Å². The molecule has 0 bridgehead atoms. The molecule has 0 aliphatic heterocycles. The third-order valence-electron chi connectivity index (χ3n) is 1.49. The monoisotopic (exact) mass is 187 g/mol. The fourth-order valence-electron chi connectivity index (χ4n) is 0.747. The number of H-pyrrole nitrogens is 1. The van der Waals surface area contributed by atoms with Crippen LogP contribution in [0.1, 0.15) is 32.5 Å². The highest BCUT2D eigenvalue weighted by atomic mass is 32.2. The molecule has 5 heteroatoms. The highest BCUT2D eigenvalue weighted by Gasteiger charge is 2.10. The summed E-state index contributed by atoms with van der Waals surface area (Å²) in [7, 11) is -1.04. The summed E-state index contributed by atoms with van der Waals surface area (Å²) in [6.45, 7) is 5.87. The second-order valence-electron chi connectivity index (χ2n) is 2.79. The molecule has 0 amide bonds. The first-order valence-corrected chi connectivity index (χ1v) is 5.27. The van der Waals surface area contributed by atoms with Crippen LogP contribution in [0.5, 0.6) is 0 Å². The van der Waals surface area contributed by atoms with Gasteiger partial charge >= 0.3 is 0 Å². The van der Waals surface area contributed by atoms with Gasteiger partial charge in [-0.05, 0) is 0 Å². The van der Waals surface area contributed by atoms with Crippen LogP contribution in [0.3, 0.4) is 0 Å². The normalized spacial score (nSPS) is 13.7. The second-order valence-corrected chi connectivity index (χ2v) is 4.43. The number of nitrogens with zero attached hydrogens (tertiary/aromatic N) is 2. The lowest BCUT2D eigenvalue weighted by Gasteiger charge is -1.94. The zero-order valence-corrected chi connectivity index (χ0v) is 8.31. The fourth-order valence-corrected chi connectivity index (χ4v) is 1.35. The highest BCUT2D eigenvalue weighted by molar-refractivity contribution is 7.84. The Morgan fingerprint density at radius 3 is 2.67 bits per heavy atom. The smallest absolute Gasteiger partial charge is 0.238 e. The summed E-state index contributed by atoms with van der Waals surface area (Å²) in [5.41, 5.74) is 0.